The lowest BCUT2D eigenvalue weighted by Gasteiger charge is -2.10. The van der Waals surface area contributed by atoms with Gasteiger partial charge in [-0.3, -0.25) is 0 Å². The maximum atomic E-state index is 6.34. The van der Waals surface area contributed by atoms with Gasteiger partial charge in [-0.15, -0.1) is 0 Å². The van der Waals surface area contributed by atoms with Gasteiger partial charge in [0.25, 0.3) is 0 Å². The molecule has 10 rings (SSSR count). The number of hydrogen-bond acceptors (Lipinski definition) is 5. The van der Waals surface area contributed by atoms with Crippen molar-refractivity contribution >= 4 is 54.6 Å². The number of hydrogen-bond donors (Lipinski definition) is 0. The van der Waals surface area contributed by atoms with Crippen molar-refractivity contribution in [2.24, 2.45) is 0 Å². The lowest BCUT2D eigenvalue weighted by molar-refractivity contribution is 0.668. The zero-order chi connectivity index (χ0) is 31.6. The van der Waals surface area contributed by atoms with Crippen LogP contribution < -0.4 is 0 Å². The number of nitrogens with zero attached hydrogens (tertiary/aromatic N) is 3. The fraction of sp³-hybridized carbons (Fsp3) is 0. The van der Waals surface area contributed by atoms with Gasteiger partial charge in [-0.1, -0.05) is 115 Å². The Kier molecular flexibility index (Phi) is 5.81. The molecule has 48 heavy (non-hydrogen) atoms. The molecule has 0 radical (unpaired) electrons. The first-order chi connectivity index (χ1) is 23.8. The SMILES string of the molecule is c1ccc(-c2nc(-c3ccc(-c4cccc5oc6ccc7ccccc7c6c45)cc3)nc(-c3ccc4oc5ccccc5c4c3)n2)cc1. The maximum absolute atomic E-state index is 6.34. The van der Waals surface area contributed by atoms with Gasteiger partial charge in [-0.2, -0.15) is 0 Å². The summed E-state index contributed by atoms with van der Waals surface area (Å²) in [5.41, 5.74) is 8.41. The number of furan rings is 2. The van der Waals surface area contributed by atoms with Crippen LogP contribution in [0.2, 0.25) is 0 Å². The minimum atomic E-state index is 0.608. The molecular weight excluding hydrogens is 590 g/mol. The lowest BCUT2D eigenvalue weighted by Crippen LogP contribution is -2.00. The zero-order valence-electron chi connectivity index (χ0n) is 25.6. The highest BCUT2D eigenvalue weighted by Gasteiger charge is 2.17. The lowest BCUT2D eigenvalue weighted by atomic mass is 9.96. The summed E-state index contributed by atoms with van der Waals surface area (Å²) in [5.74, 6) is 1.84. The molecule has 3 aromatic heterocycles. The fourth-order valence-electron chi connectivity index (χ4n) is 6.84. The Labute approximate surface area is 274 Å². The molecule has 0 aliphatic rings. The normalized spacial score (nSPS) is 11.8. The van der Waals surface area contributed by atoms with Crippen LogP contribution in [-0.4, -0.2) is 15.0 Å². The van der Waals surface area contributed by atoms with Crippen LogP contribution in [0, 0.1) is 0 Å². The Morgan fingerprint density at radius 1 is 0.333 bits per heavy atom. The van der Waals surface area contributed by atoms with E-state index in [2.05, 4.69) is 84.9 Å². The van der Waals surface area contributed by atoms with Gasteiger partial charge in [0.05, 0.1) is 0 Å². The maximum Gasteiger partial charge on any atom is 0.164 e. The van der Waals surface area contributed by atoms with Gasteiger partial charge in [-0.25, -0.2) is 15.0 Å². The molecular formula is C43H25N3O2. The van der Waals surface area contributed by atoms with E-state index < -0.39 is 0 Å². The van der Waals surface area contributed by atoms with Crippen LogP contribution in [-0.2, 0) is 0 Å². The summed E-state index contributed by atoms with van der Waals surface area (Å²) < 4.78 is 12.4. The number of para-hydroxylation sites is 1. The molecule has 5 nitrogen and oxygen atoms in total. The first kappa shape index (κ1) is 26.6. The van der Waals surface area contributed by atoms with Crippen LogP contribution in [0.5, 0.6) is 0 Å². The van der Waals surface area contributed by atoms with Gasteiger partial charge < -0.3 is 8.83 Å². The third-order valence-corrected chi connectivity index (χ3v) is 9.14. The molecule has 0 fully saturated rings. The molecule has 0 aliphatic carbocycles. The van der Waals surface area contributed by atoms with E-state index in [-0.39, 0.29) is 0 Å². The number of rotatable bonds is 4. The van der Waals surface area contributed by atoms with Gasteiger partial charge in [-0.05, 0) is 58.3 Å². The summed E-state index contributed by atoms with van der Waals surface area (Å²) >= 11 is 0. The van der Waals surface area contributed by atoms with Crippen LogP contribution in [0.15, 0.2) is 160 Å². The molecule has 7 aromatic carbocycles. The summed E-state index contributed by atoms with van der Waals surface area (Å²) in [6, 6.07) is 51.7. The van der Waals surface area contributed by atoms with Gasteiger partial charge in [0.2, 0.25) is 0 Å². The molecule has 0 saturated heterocycles. The van der Waals surface area contributed by atoms with E-state index in [4.69, 9.17) is 23.8 Å². The standard InChI is InChI=1S/C43H25N3O2/c1-2-10-28(11-3-1)41-44-42(46-43(45-41)30-22-23-36-34(25-30)33-13-6-7-15-35(33)47-36)29-19-17-27(18-20-29)32-14-8-16-37-39(32)40-31-12-5-4-9-26(31)21-24-38(40)48-37/h1-25H. The van der Waals surface area contributed by atoms with E-state index in [1.54, 1.807) is 0 Å². The number of benzene rings is 7. The van der Waals surface area contributed by atoms with Crippen molar-refractivity contribution in [3.63, 3.8) is 0 Å². The minimum absolute atomic E-state index is 0.608. The second kappa shape index (κ2) is 10.5. The third kappa shape index (κ3) is 4.22. The van der Waals surface area contributed by atoms with E-state index >= 15 is 0 Å². The molecule has 5 heteroatoms. The van der Waals surface area contributed by atoms with Gasteiger partial charge in [0, 0.05) is 38.2 Å². The zero-order valence-corrected chi connectivity index (χ0v) is 25.6. The average Bonchev–Trinajstić information content (AvgIpc) is 3.73. The highest BCUT2D eigenvalue weighted by Crippen LogP contribution is 2.40. The molecule has 0 amide bonds. The van der Waals surface area contributed by atoms with E-state index in [0.717, 1.165) is 71.7 Å². The molecule has 3 heterocycles. The second-order valence-corrected chi connectivity index (χ2v) is 12.0. The van der Waals surface area contributed by atoms with Crippen LogP contribution in [0.3, 0.4) is 0 Å². The number of aromatic nitrogens is 3. The monoisotopic (exact) mass is 615 g/mol. The van der Waals surface area contributed by atoms with Gasteiger partial charge in [0.15, 0.2) is 17.5 Å². The molecule has 10 aromatic rings. The smallest absolute Gasteiger partial charge is 0.164 e. The predicted octanol–water partition coefficient (Wildman–Crippen LogP) is 11.5. The van der Waals surface area contributed by atoms with Crippen LogP contribution in [0.25, 0.3) is 99.9 Å². The summed E-state index contributed by atoms with van der Waals surface area (Å²) in [6.45, 7) is 0. The topological polar surface area (TPSA) is 65.0 Å². The summed E-state index contributed by atoms with van der Waals surface area (Å²) in [7, 11) is 0. The molecule has 224 valence electrons. The van der Waals surface area contributed by atoms with Crippen LogP contribution in [0.1, 0.15) is 0 Å². The second-order valence-electron chi connectivity index (χ2n) is 12.0. The van der Waals surface area contributed by atoms with Crippen molar-refractivity contribution < 1.29 is 8.83 Å². The predicted molar refractivity (Wildman–Crippen MR) is 194 cm³/mol. The van der Waals surface area contributed by atoms with E-state index in [0.29, 0.717) is 17.5 Å². The van der Waals surface area contributed by atoms with Gasteiger partial charge in [0.1, 0.15) is 22.3 Å². The van der Waals surface area contributed by atoms with Crippen molar-refractivity contribution in [2.75, 3.05) is 0 Å². The van der Waals surface area contributed by atoms with Crippen LogP contribution in [0.4, 0.5) is 0 Å². The molecule has 0 spiro atoms. The molecule has 0 bridgehead atoms. The highest BCUT2D eigenvalue weighted by molar-refractivity contribution is 6.22. The summed E-state index contributed by atoms with van der Waals surface area (Å²) in [4.78, 5) is 14.9. The quantitative estimate of drug-likeness (QED) is 0.197. The van der Waals surface area contributed by atoms with Crippen molar-refractivity contribution in [1.82, 2.24) is 15.0 Å². The Balaban J connectivity index is 1.12. The van der Waals surface area contributed by atoms with Crippen molar-refractivity contribution in [3.8, 4) is 45.3 Å². The largest absolute Gasteiger partial charge is 0.456 e. The number of fused-ring (bicyclic) bond motifs is 8. The summed E-state index contributed by atoms with van der Waals surface area (Å²) in [5, 5.41) is 6.73. The van der Waals surface area contributed by atoms with Crippen LogP contribution >= 0.6 is 0 Å². The molecule has 0 atom stereocenters. The highest BCUT2D eigenvalue weighted by atomic mass is 16.3. The Bertz CT molecular complexity index is 2830. The molecule has 0 unspecified atom stereocenters. The van der Waals surface area contributed by atoms with E-state index in [1.165, 1.54) is 10.8 Å². The first-order valence-electron chi connectivity index (χ1n) is 15.9. The van der Waals surface area contributed by atoms with E-state index in [9.17, 15) is 0 Å². The minimum Gasteiger partial charge on any atom is -0.456 e. The molecule has 0 N–H and O–H groups in total. The summed E-state index contributed by atoms with van der Waals surface area (Å²) in [6.07, 6.45) is 0. The van der Waals surface area contributed by atoms with Gasteiger partial charge >= 0.3 is 0 Å². The Morgan fingerprint density at radius 2 is 0.896 bits per heavy atom. The van der Waals surface area contributed by atoms with Crippen molar-refractivity contribution in [1.29, 1.82) is 0 Å². The van der Waals surface area contributed by atoms with Crippen molar-refractivity contribution in [3.05, 3.63) is 152 Å². The Morgan fingerprint density at radius 3 is 1.73 bits per heavy atom. The third-order valence-electron chi connectivity index (χ3n) is 9.14. The molecule has 0 saturated carbocycles. The van der Waals surface area contributed by atoms with Crippen molar-refractivity contribution in [2.45, 2.75) is 0 Å². The fourth-order valence-corrected chi connectivity index (χ4v) is 6.84. The average molecular weight is 616 g/mol. The Hall–Kier alpha value is -6.59. The van der Waals surface area contributed by atoms with E-state index in [1.807, 2.05) is 66.7 Å². The molecule has 0 aliphatic heterocycles. The first-order valence-corrected chi connectivity index (χ1v) is 15.9.